The number of hydrogen-bond acceptors (Lipinski definition) is 4. The van der Waals surface area contributed by atoms with E-state index in [0.29, 0.717) is 26.3 Å². The van der Waals surface area contributed by atoms with Crippen LogP contribution in [-0.4, -0.2) is 75.4 Å². The Morgan fingerprint density at radius 2 is 0.969 bits per heavy atom. The second-order valence-electron chi connectivity index (χ2n) is 9.55. The van der Waals surface area contributed by atoms with Crippen LogP contribution in [0, 0.1) is 0 Å². The molecule has 6 heteroatoms. The SMILES string of the molecule is C[N+](C)(CCOC(=O)CCC(=O)OCC[N+](C)(C)Cc1ccccc1)Cc1ccccc1. The standard InChI is InChI=1S/C26H38N2O4/c1-27(2,21-23-11-7-5-8-12-23)17-19-31-25(29)15-16-26(30)32-20-18-28(3,4)22-24-13-9-6-10-14-24/h5-14H,15-22H2,1-4H3/q+2. The smallest absolute Gasteiger partial charge is 0.306 e. The first-order valence-corrected chi connectivity index (χ1v) is 11.2. The van der Waals surface area contributed by atoms with Gasteiger partial charge in [0.05, 0.1) is 41.0 Å². The van der Waals surface area contributed by atoms with E-state index in [-0.39, 0.29) is 24.8 Å². The molecule has 0 bridgehead atoms. The van der Waals surface area contributed by atoms with Gasteiger partial charge >= 0.3 is 11.9 Å². The number of carbonyl (C=O) groups is 2. The molecule has 0 atom stereocenters. The molecule has 0 saturated heterocycles. The van der Waals surface area contributed by atoms with Crippen LogP contribution in [0.2, 0.25) is 0 Å². The Labute approximate surface area is 192 Å². The van der Waals surface area contributed by atoms with Crippen molar-refractivity contribution < 1.29 is 28.0 Å². The summed E-state index contributed by atoms with van der Waals surface area (Å²) >= 11 is 0. The predicted molar refractivity (Wildman–Crippen MR) is 125 cm³/mol. The summed E-state index contributed by atoms with van der Waals surface area (Å²) in [5.41, 5.74) is 2.49. The van der Waals surface area contributed by atoms with E-state index in [9.17, 15) is 9.59 Å². The number of benzene rings is 2. The largest absolute Gasteiger partial charge is 0.460 e. The molecule has 0 heterocycles. The molecule has 2 rings (SSSR count). The number of ether oxygens (including phenoxy) is 2. The molecule has 0 aliphatic heterocycles. The maximum Gasteiger partial charge on any atom is 0.306 e. The number of nitrogens with zero attached hydrogens (tertiary/aromatic N) is 2. The lowest BCUT2D eigenvalue weighted by Crippen LogP contribution is -2.42. The van der Waals surface area contributed by atoms with Crippen LogP contribution in [0.1, 0.15) is 24.0 Å². The molecule has 2 aromatic rings. The van der Waals surface area contributed by atoms with Gasteiger partial charge in [0.2, 0.25) is 0 Å². The first-order valence-electron chi connectivity index (χ1n) is 11.2. The van der Waals surface area contributed by atoms with Crippen molar-refractivity contribution in [3.05, 3.63) is 71.8 Å². The summed E-state index contributed by atoms with van der Waals surface area (Å²) in [4.78, 5) is 24.0. The number of quaternary nitrogens is 2. The van der Waals surface area contributed by atoms with Crippen LogP contribution in [0.25, 0.3) is 0 Å². The minimum atomic E-state index is -0.359. The monoisotopic (exact) mass is 442 g/mol. The summed E-state index contributed by atoms with van der Waals surface area (Å²) in [6.07, 6.45) is 0.0976. The summed E-state index contributed by atoms with van der Waals surface area (Å²) in [5.74, 6) is -0.719. The van der Waals surface area contributed by atoms with Gasteiger partial charge in [-0.1, -0.05) is 60.7 Å². The third-order valence-electron chi connectivity index (χ3n) is 5.36. The molecular formula is C26H38N2O4+2. The lowest BCUT2D eigenvalue weighted by molar-refractivity contribution is -0.903. The molecule has 0 unspecified atom stereocenters. The molecule has 0 fully saturated rings. The van der Waals surface area contributed by atoms with Crippen molar-refractivity contribution in [1.82, 2.24) is 0 Å². The average Bonchev–Trinajstić information content (AvgIpc) is 2.73. The van der Waals surface area contributed by atoms with Crippen molar-refractivity contribution in [3.63, 3.8) is 0 Å². The van der Waals surface area contributed by atoms with Gasteiger partial charge in [0, 0.05) is 11.1 Å². The fourth-order valence-electron chi connectivity index (χ4n) is 3.48. The second-order valence-corrected chi connectivity index (χ2v) is 9.55. The first kappa shape index (κ1) is 25.6. The molecule has 2 aromatic carbocycles. The number of likely N-dealkylation sites (N-methyl/N-ethyl adjacent to an activating group) is 2. The van der Waals surface area contributed by atoms with Crippen molar-refractivity contribution in [2.24, 2.45) is 0 Å². The van der Waals surface area contributed by atoms with Crippen LogP contribution in [0.3, 0.4) is 0 Å². The molecule has 0 N–H and O–H groups in total. The fourth-order valence-corrected chi connectivity index (χ4v) is 3.48. The normalized spacial score (nSPS) is 11.8. The molecule has 0 aromatic heterocycles. The van der Waals surface area contributed by atoms with E-state index in [0.717, 1.165) is 22.1 Å². The summed E-state index contributed by atoms with van der Waals surface area (Å²) in [5, 5.41) is 0. The third kappa shape index (κ3) is 10.6. The van der Waals surface area contributed by atoms with Crippen molar-refractivity contribution >= 4 is 11.9 Å². The Morgan fingerprint density at radius 3 is 1.31 bits per heavy atom. The summed E-state index contributed by atoms with van der Waals surface area (Å²) in [6, 6.07) is 20.5. The molecule has 0 spiro atoms. The van der Waals surface area contributed by atoms with E-state index in [1.54, 1.807) is 0 Å². The van der Waals surface area contributed by atoms with Crippen molar-refractivity contribution in [2.45, 2.75) is 25.9 Å². The topological polar surface area (TPSA) is 52.6 Å². The molecule has 32 heavy (non-hydrogen) atoms. The number of carbonyl (C=O) groups excluding carboxylic acids is 2. The second kappa shape index (κ2) is 12.4. The Hall–Kier alpha value is -2.70. The van der Waals surface area contributed by atoms with E-state index in [1.165, 1.54) is 11.1 Å². The molecule has 0 saturated carbocycles. The van der Waals surface area contributed by atoms with Gasteiger partial charge in [-0.2, -0.15) is 0 Å². The highest BCUT2D eigenvalue weighted by Gasteiger charge is 2.19. The lowest BCUT2D eigenvalue weighted by Gasteiger charge is -2.29. The van der Waals surface area contributed by atoms with Crippen LogP contribution < -0.4 is 0 Å². The zero-order valence-electron chi connectivity index (χ0n) is 20.0. The van der Waals surface area contributed by atoms with Crippen LogP contribution >= 0.6 is 0 Å². The molecule has 174 valence electrons. The zero-order valence-corrected chi connectivity index (χ0v) is 20.0. The average molecular weight is 443 g/mol. The Bertz CT molecular complexity index is 764. The summed E-state index contributed by atoms with van der Waals surface area (Å²) in [6.45, 7) is 3.81. The fraction of sp³-hybridized carbons (Fsp3) is 0.462. The highest BCUT2D eigenvalue weighted by atomic mass is 16.5. The van der Waals surface area contributed by atoms with Gasteiger partial charge < -0.3 is 18.4 Å². The van der Waals surface area contributed by atoms with E-state index in [4.69, 9.17) is 9.47 Å². The van der Waals surface area contributed by atoms with Gasteiger partial charge in [-0.05, 0) is 0 Å². The van der Waals surface area contributed by atoms with Crippen LogP contribution in [0.15, 0.2) is 60.7 Å². The van der Waals surface area contributed by atoms with Crippen molar-refractivity contribution in [2.75, 3.05) is 54.5 Å². The zero-order chi connectivity index (χ0) is 23.5. The number of esters is 2. The van der Waals surface area contributed by atoms with Crippen molar-refractivity contribution in [3.8, 4) is 0 Å². The molecule has 0 amide bonds. The van der Waals surface area contributed by atoms with Gasteiger partial charge in [-0.25, -0.2) is 0 Å². The molecule has 0 radical (unpaired) electrons. The Balaban J connectivity index is 1.58. The van der Waals surface area contributed by atoms with E-state index in [2.05, 4.69) is 52.5 Å². The highest BCUT2D eigenvalue weighted by molar-refractivity contribution is 5.77. The maximum atomic E-state index is 12.0. The summed E-state index contributed by atoms with van der Waals surface area (Å²) in [7, 11) is 8.43. The molecular weight excluding hydrogens is 404 g/mol. The maximum absolute atomic E-state index is 12.0. The van der Waals surface area contributed by atoms with Gasteiger partial charge in [0.15, 0.2) is 0 Å². The Morgan fingerprint density at radius 1 is 0.625 bits per heavy atom. The van der Waals surface area contributed by atoms with E-state index >= 15 is 0 Å². The minimum Gasteiger partial charge on any atom is -0.460 e. The van der Waals surface area contributed by atoms with Gasteiger partial charge in [-0.3, -0.25) is 9.59 Å². The lowest BCUT2D eigenvalue weighted by atomic mass is 10.2. The first-order chi connectivity index (χ1) is 15.2. The van der Waals surface area contributed by atoms with Crippen LogP contribution in [0.4, 0.5) is 0 Å². The van der Waals surface area contributed by atoms with E-state index < -0.39 is 0 Å². The molecule has 0 aliphatic carbocycles. The third-order valence-corrected chi connectivity index (χ3v) is 5.36. The van der Waals surface area contributed by atoms with Crippen molar-refractivity contribution in [1.29, 1.82) is 0 Å². The van der Waals surface area contributed by atoms with Gasteiger partial charge in [0.25, 0.3) is 0 Å². The predicted octanol–water partition coefficient (Wildman–Crippen LogP) is 3.41. The van der Waals surface area contributed by atoms with E-state index in [1.807, 2.05) is 36.4 Å². The summed E-state index contributed by atoms with van der Waals surface area (Å²) < 4.78 is 12.1. The number of rotatable bonds is 13. The molecule has 6 nitrogen and oxygen atoms in total. The van der Waals surface area contributed by atoms with Gasteiger partial charge in [0.1, 0.15) is 39.4 Å². The quantitative estimate of drug-likeness (QED) is 0.352. The highest BCUT2D eigenvalue weighted by Crippen LogP contribution is 2.10. The van der Waals surface area contributed by atoms with Gasteiger partial charge in [-0.15, -0.1) is 0 Å². The molecule has 0 aliphatic rings. The minimum absolute atomic E-state index is 0.0488. The van der Waals surface area contributed by atoms with Crippen LogP contribution in [0.5, 0.6) is 0 Å². The van der Waals surface area contributed by atoms with Crippen LogP contribution in [-0.2, 0) is 32.2 Å². The number of hydrogen-bond donors (Lipinski definition) is 0. The Kier molecular flexibility index (Phi) is 9.88.